The van der Waals surface area contributed by atoms with Crippen LogP contribution < -0.4 is 16.1 Å². The molecule has 1 amide bonds. The Balaban J connectivity index is 1.53. The standard InChI is InChI=1S/C21H21N9O2S/c1-29(2)15-10-8-14(9-11-15)12-23-25-21(31)18-17(13-33-16-6-4-3-5-7-16)30(28-24-18)20-19(22)26-32-27-20/h3-12H,13H2,1-2H3,(H2,22,26)(H,25,31). The van der Waals surface area contributed by atoms with E-state index in [1.807, 2.05) is 73.6 Å². The van der Waals surface area contributed by atoms with Crippen molar-refractivity contribution in [3.63, 3.8) is 0 Å². The third kappa shape index (κ3) is 5.18. The van der Waals surface area contributed by atoms with Crippen LogP contribution in [0.15, 0.2) is 69.2 Å². The molecule has 2 aromatic heterocycles. The molecule has 3 N–H and O–H groups in total. The first-order chi connectivity index (χ1) is 16.0. The van der Waals surface area contributed by atoms with Gasteiger partial charge in [0.05, 0.1) is 11.9 Å². The summed E-state index contributed by atoms with van der Waals surface area (Å²) < 4.78 is 6.02. The number of carbonyl (C=O) groups excluding carboxylic acids is 1. The van der Waals surface area contributed by atoms with E-state index in [1.165, 1.54) is 16.4 Å². The highest BCUT2D eigenvalue weighted by Gasteiger charge is 2.24. The number of rotatable bonds is 8. The first kappa shape index (κ1) is 22.0. The average molecular weight is 464 g/mol. The Morgan fingerprint density at radius 3 is 2.61 bits per heavy atom. The van der Waals surface area contributed by atoms with Crippen molar-refractivity contribution in [3.05, 3.63) is 71.5 Å². The van der Waals surface area contributed by atoms with Crippen molar-refractivity contribution in [1.29, 1.82) is 0 Å². The minimum absolute atomic E-state index is 0.0389. The predicted molar refractivity (Wildman–Crippen MR) is 125 cm³/mol. The van der Waals surface area contributed by atoms with Gasteiger partial charge in [0.25, 0.3) is 5.91 Å². The van der Waals surface area contributed by atoms with Crippen LogP contribution in [-0.2, 0) is 5.75 Å². The number of hydrazone groups is 1. The van der Waals surface area contributed by atoms with Crippen LogP contribution in [-0.4, -0.2) is 51.5 Å². The number of anilines is 2. The smallest absolute Gasteiger partial charge is 0.293 e. The van der Waals surface area contributed by atoms with Gasteiger partial charge < -0.3 is 10.6 Å². The highest BCUT2D eigenvalue weighted by molar-refractivity contribution is 7.98. The molecule has 2 aromatic carbocycles. The van der Waals surface area contributed by atoms with Gasteiger partial charge in [0.15, 0.2) is 5.69 Å². The van der Waals surface area contributed by atoms with Gasteiger partial charge in [-0.3, -0.25) is 4.79 Å². The van der Waals surface area contributed by atoms with Gasteiger partial charge in [-0.15, -0.1) is 16.9 Å². The fraction of sp³-hybridized carbons (Fsp3) is 0.143. The molecule has 11 nitrogen and oxygen atoms in total. The zero-order valence-corrected chi connectivity index (χ0v) is 18.7. The molecule has 4 aromatic rings. The van der Waals surface area contributed by atoms with E-state index in [-0.39, 0.29) is 17.3 Å². The lowest BCUT2D eigenvalue weighted by Gasteiger charge is -2.11. The van der Waals surface area contributed by atoms with Gasteiger partial charge in [0, 0.05) is 30.4 Å². The lowest BCUT2D eigenvalue weighted by Crippen LogP contribution is -2.20. The highest BCUT2D eigenvalue weighted by Crippen LogP contribution is 2.25. The summed E-state index contributed by atoms with van der Waals surface area (Å²) in [5, 5.41) is 19.5. The molecule has 0 radical (unpaired) electrons. The number of aromatic nitrogens is 5. The second-order valence-electron chi connectivity index (χ2n) is 7.06. The number of nitrogen functional groups attached to an aromatic ring is 1. The molecule has 0 aliphatic rings. The number of nitrogens with one attached hydrogen (secondary N) is 1. The number of thioether (sulfide) groups is 1. The molecule has 2 heterocycles. The van der Waals surface area contributed by atoms with Gasteiger partial charge >= 0.3 is 0 Å². The summed E-state index contributed by atoms with van der Waals surface area (Å²) in [6.07, 6.45) is 1.56. The predicted octanol–water partition coefficient (Wildman–Crippen LogP) is 2.35. The van der Waals surface area contributed by atoms with Crippen molar-refractivity contribution in [3.8, 4) is 5.82 Å². The number of hydrogen-bond acceptors (Lipinski definition) is 10. The summed E-state index contributed by atoms with van der Waals surface area (Å²) in [6, 6.07) is 17.5. The minimum atomic E-state index is -0.513. The van der Waals surface area contributed by atoms with Crippen molar-refractivity contribution in [2.24, 2.45) is 5.10 Å². The summed E-state index contributed by atoms with van der Waals surface area (Å²) in [5.74, 6) is 0.0645. The molecule has 0 unspecified atom stereocenters. The van der Waals surface area contributed by atoms with Crippen LogP contribution in [0.1, 0.15) is 21.7 Å². The Kier molecular flexibility index (Phi) is 6.64. The lowest BCUT2D eigenvalue weighted by molar-refractivity contribution is 0.0949. The average Bonchev–Trinajstić information content (AvgIpc) is 3.44. The third-order valence-corrected chi connectivity index (χ3v) is 5.61. The molecule has 4 rings (SSSR count). The van der Waals surface area contributed by atoms with E-state index in [0.29, 0.717) is 11.4 Å². The van der Waals surface area contributed by atoms with Crippen molar-refractivity contribution in [1.82, 2.24) is 30.7 Å². The molecule has 33 heavy (non-hydrogen) atoms. The Labute approximate surface area is 193 Å². The third-order valence-electron chi connectivity index (χ3n) is 4.58. The molecule has 0 bridgehead atoms. The molecule has 0 spiro atoms. The van der Waals surface area contributed by atoms with Crippen LogP contribution in [0.5, 0.6) is 0 Å². The van der Waals surface area contributed by atoms with E-state index in [1.54, 1.807) is 6.21 Å². The van der Waals surface area contributed by atoms with Gasteiger partial charge in [-0.25, -0.2) is 10.1 Å². The second kappa shape index (κ2) is 9.96. The van der Waals surface area contributed by atoms with Crippen molar-refractivity contribution in [2.45, 2.75) is 10.6 Å². The topological polar surface area (TPSA) is 140 Å². The van der Waals surface area contributed by atoms with Crippen LogP contribution >= 0.6 is 11.8 Å². The van der Waals surface area contributed by atoms with E-state index < -0.39 is 5.91 Å². The van der Waals surface area contributed by atoms with Crippen LogP contribution in [0.2, 0.25) is 0 Å². The fourth-order valence-corrected chi connectivity index (χ4v) is 3.77. The van der Waals surface area contributed by atoms with Crippen molar-refractivity contribution < 1.29 is 9.42 Å². The highest BCUT2D eigenvalue weighted by atomic mass is 32.2. The van der Waals surface area contributed by atoms with Crippen LogP contribution in [0.25, 0.3) is 5.82 Å². The van der Waals surface area contributed by atoms with E-state index >= 15 is 0 Å². The number of benzene rings is 2. The maximum Gasteiger partial charge on any atom is 0.293 e. The van der Waals surface area contributed by atoms with Crippen LogP contribution in [0.3, 0.4) is 0 Å². The number of carbonyl (C=O) groups is 1. The van der Waals surface area contributed by atoms with Gasteiger partial charge in [0.2, 0.25) is 11.6 Å². The Morgan fingerprint density at radius 2 is 1.94 bits per heavy atom. The summed E-state index contributed by atoms with van der Waals surface area (Å²) in [4.78, 5) is 15.8. The van der Waals surface area contributed by atoms with Crippen molar-refractivity contribution >= 4 is 35.4 Å². The molecule has 0 aliphatic heterocycles. The van der Waals surface area contributed by atoms with Crippen molar-refractivity contribution in [2.75, 3.05) is 24.7 Å². The van der Waals surface area contributed by atoms with E-state index in [0.717, 1.165) is 16.1 Å². The van der Waals surface area contributed by atoms with Crippen LogP contribution in [0, 0.1) is 0 Å². The Hall–Kier alpha value is -4.19. The van der Waals surface area contributed by atoms with Gasteiger partial charge in [-0.05, 0) is 40.1 Å². The Morgan fingerprint density at radius 1 is 1.18 bits per heavy atom. The number of nitrogens with two attached hydrogens (primary N) is 1. The maximum atomic E-state index is 12.8. The molecule has 0 saturated carbocycles. The maximum absolute atomic E-state index is 12.8. The SMILES string of the molecule is CN(C)c1ccc(C=NNC(=O)c2nnn(-c3nonc3N)c2CSc2ccccc2)cc1. The quantitative estimate of drug-likeness (QED) is 0.229. The first-order valence-corrected chi connectivity index (χ1v) is 10.8. The monoisotopic (exact) mass is 463 g/mol. The number of amides is 1. The first-order valence-electron chi connectivity index (χ1n) is 9.84. The molecule has 0 fully saturated rings. The Bertz CT molecular complexity index is 1250. The molecule has 168 valence electrons. The summed E-state index contributed by atoms with van der Waals surface area (Å²) in [6.45, 7) is 0. The number of hydrogen-bond donors (Lipinski definition) is 2. The second-order valence-corrected chi connectivity index (χ2v) is 8.11. The summed E-state index contributed by atoms with van der Waals surface area (Å²) in [5.41, 5.74) is 10.8. The van der Waals surface area contributed by atoms with Crippen LogP contribution in [0.4, 0.5) is 11.5 Å². The summed E-state index contributed by atoms with van der Waals surface area (Å²) in [7, 11) is 3.93. The summed E-state index contributed by atoms with van der Waals surface area (Å²) >= 11 is 1.51. The molecular weight excluding hydrogens is 442 g/mol. The molecule has 0 atom stereocenters. The van der Waals surface area contributed by atoms with Gasteiger partial charge in [-0.1, -0.05) is 35.5 Å². The minimum Gasteiger partial charge on any atom is -0.378 e. The lowest BCUT2D eigenvalue weighted by atomic mass is 10.2. The van der Waals surface area contributed by atoms with E-state index in [9.17, 15) is 4.79 Å². The molecular formula is C21H21N9O2S. The molecule has 0 saturated heterocycles. The largest absolute Gasteiger partial charge is 0.378 e. The van der Waals surface area contributed by atoms with E-state index in [4.69, 9.17) is 5.73 Å². The number of nitrogens with zero attached hydrogens (tertiary/aromatic N) is 7. The van der Waals surface area contributed by atoms with E-state index in [2.05, 4.69) is 35.8 Å². The van der Waals surface area contributed by atoms with Gasteiger partial charge in [-0.2, -0.15) is 9.78 Å². The fourth-order valence-electron chi connectivity index (χ4n) is 2.86. The van der Waals surface area contributed by atoms with Gasteiger partial charge in [0.1, 0.15) is 0 Å². The zero-order chi connectivity index (χ0) is 23.2. The molecule has 0 aliphatic carbocycles. The zero-order valence-electron chi connectivity index (χ0n) is 17.9. The normalized spacial score (nSPS) is 11.1. The molecule has 12 heteroatoms.